The molecular weight excluding hydrogens is 246 g/mol. The van der Waals surface area contributed by atoms with Crippen LogP contribution in [0.15, 0.2) is 11.6 Å². The SMILES string of the molecule is CC[N+]1(C)CCC=C(C(=O)OC)C1.[Br-]. The van der Waals surface area contributed by atoms with Crippen molar-refractivity contribution in [1.29, 1.82) is 0 Å². The summed E-state index contributed by atoms with van der Waals surface area (Å²) < 4.78 is 5.66. The van der Waals surface area contributed by atoms with Crippen LogP contribution in [0.25, 0.3) is 0 Å². The van der Waals surface area contributed by atoms with Gasteiger partial charge in [0.05, 0.1) is 32.8 Å². The average molecular weight is 264 g/mol. The van der Waals surface area contributed by atoms with Crippen LogP contribution in [0.5, 0.6) is 0 Å². The highest BCUT2D eigenvalue weighted by atomic mass is 79.9. The van der Waals surface area contributed by atoms with Crippen molar-refractivity contribution in [2.45, 2.75) is 13.3 Å². The van der Waals surface area contributed by atoms with Gasteiger partial charge in [0.2, 0.25) is 0 Å². The summed E-state index contributed by atoms with van der Waals surface area (Å²) in [5, 5.41) is 0. The molecule has 0 amide bonds. The Hall–Kier alpha value is -0.350. The van der Waals surface area contributed by atoms with Crippen LogP contribution in [0.2, 0.25) is 0 Å². The van der Waals surface area contributed by atoms with Crippen molar-refractivity contribution in [3.05, 3.63) is 11.6 Å². The Morgan fingerprint density at radius 1 is 1.64 bits per heavy atom. The summed E-state index contributed by atoms with van der Waals surface area (Å²) >= 11 is 0. The molecule has 1 atom stereocenters. The number of carbonyl (C=O) groups is 1. The molecule has 0 saturated heterocycles. The fraction of sp³-hybridized carbons (Fsp3) is 0.700. The molecule has 0 aromatic carbocycles. The highest BCUT2D eigenvalue weighted by molar-refractivity contribution is 5.88. The molecule has 1 unspecified atom stereocenters. The molecule has 0 fully saturated rings. The van der Waals surface area contributed by atoms with E-state index >= 15 is 0 Å². The summed E-state index contributed by atoms with van der Waals surface area (Å²) in [5.41, 5.74) is 0.832. The van der Waals surface area contributed by atoms with Gasteiger partial charge < -0.3 is 26.2 Å². The van der Waals surface area contributed by atoms with Crippen molar-refractivity contribution in [2.24, 2.45) is 0 Å². The third-order valence-corrected chi connectivity index (χ3v) is 2.82. The number of carbonyl (C=O) groups excluding carboxylic acids is 1. The van der Waals surface area contributed by atoms with Crippen molar-refractivity contribution >= 4 is 5.97 Å². The summed E-state index contributed by atoms with van der Waals surface area (Å²) in [4.78, 5) is 11.3. The van der Waals surface area contributed by atoms with Gasteiger partial charge in [0.25, 0.3) is 0 Å². The maximum absolute atomic E-state index is 11.3. The second-order valence-electron chi connectivity index (χ2n) is 3.83. The summed E-state index contributed by atoms with van der Waals surface area (Å²) in [6.45, 7) is 5.15. The fourth-order valence-electron chi connectivity index (χ4n) is 1.65. The Bertz CT molecular complexity index is 240. The topological polar surface area (TPSA) is 26.3 Å². The third kappa shape index (κ3) is 3.10. The molecule has 4 heteroatoms. The number of ether oxygens (including phenoxy) is 1. The second kappa shape index (κ2) is 5.51. The molecule has 3 nitrogen and oxygen atoms in total. The lowest BCUT2D eigenvalue weighted by Crippen LogP contribution is -3.00. The molecule has 0 radical (unpaired) electrons. The van der Waals surface area contributed by atoms with Crippen molar-refractivity contribution in [3.63, 3.8) is 0 Å². The predicted molar refractivity (Wildman–Crippen MR) is 51.2 cm³/mol. The first kappa shape index (κ1) is 13.7. The maximum atomic E-state index is 11.3. The van der Waals surface area contributed by atoms with Crippen LogP contribution in [0.4, 0.5) is 0 Å². The summed E-state index contributed by atoms with van der Waals surface area (Å²) in [7, 11) is 3.62. The van der Waals surface area contributed by atoms with E-state index in [2.05, 4.69) is 14.0 Å². The smallest absolute Gasteiger partial charge is 0.339 e. The molecule has 0 saturated carbocycles. The first-order valence-corrected chi connectivity index (χ1v) is 4.72. The number of rotatable bonds is 2. The van der Waals surface area contributed by atoms with Crippen LogP contribution >= 0.6 is 0 Å². The first-order chi connectivity index (χ1) is 6.11. The minimum atomic E-state index is -0.169. The van der Waals surface area contributed by atoms with Gasteiger partial charge in [0.15, 0.2) is 0 Å². The van der Waals surface area contributed by atoms with E-state index in [9.17, 15) is 4.79 Å². The highest BCUT2D eigenvalue weighted by Crippen LogP contribution is 2.16. The van der Waals surface area contributed by atoms with Gasteiger partial charge >= 0.3 is 5.97 Å². The van der Waals surface area contributed by atoms with E-state index in [4.69, 9.17) is 4.74 Å². The Morgan fingerprint density at radius 3 is 2.79 bits per heavy atom. The van der Waals surface area contributed by atoms with Crippen LogP contribution in [-0.2, 0) is 9.53 Å². The molecule has 1 heterocycles. The number of hydrogen-bond donors (Lipinski definition) is 0. The Morgan fingerprint density at radius 2 is 2.29 bits per heavy atom. The number of quaternary nitrogens is 1. The van der Waals surface area contributed by atoms with Crippen LogP contribution in [0, 0.1) is 0 Å². The number of hydrogen-bond acceptors (Lipinski definition) is 2. The number of halogens is 1. The lowest BCUT2D eigenvalue weighted by Gasteiger charge is -2.36. The molecular formula is C10H18BrNO2. The van der Waals surface area contributed by atoms with Gasteiger partial charge in [-0.25, -0.2) is 4.79 Å². The Balaban J connectivity index is 0.00000169. The van der Waals surface area contributed by atoms with Crippen molar-refractivity contribution < 1.29 is 31.0 Å². The van der Waals surface area contributed by atoms with E-state index in [1.807, 2.05) is 6.08 Å². The van der Waals surface area contributed by atoms with E-state index in [-0.39, 0.29) is 23.0 Å². The highest BCUT2D eigenvalue weighted by Gasteiger charge is 2.27. The minimum absolute atomic E-state index is 0. The van der Waals surface area contributed by atoms with Crippen LogP contribution in [0.3, 0.4) is 0 Å². The fourth-order valence-corrected chi connectivity index (χ4v) is 1.65. The van der Waals surface area contributed by atoms with Crippen molar-refractivity contribution in [3.8, 4) is 0 Å². The molecule has 0 bridgehead atoms. The third-order valence-electron chi connectivity index (χ3n) is 2.82. The molecule has 0 N–H and O–H groups in total. The lowest BCUT2D eigenvalue weighted by molar-refractivity contribution is -0.904. The van der Waals surface area contributed by atoms with E-state index in [0.29, 0.717) is 0 Å². The Labute approximate surface area is 96.1 Å². The first-order valence-electron chi connectivity index (χ1n) is 4.72. The zero-order valence-electron chi connectivity index (χ0n) is 9.05. The van der Waals surface area contributed by atoms with Crippen LogP contribution < -0.4 is 17.0 Å². The van der Waals surface area contributed by atoms with Gasteiger partial charge in [-0.1, -0.05) is 6.08 Å². The monoisotopic (exact) mass is 263 g/mol. The normalized spacial score (nSPS) is 26.1. The van der Waals surface area contributed by atoms with E-state index in [1.165, 1.54) is 7.11 Å². The van der Waals surface area contributed by atoms with Gasteiger partial charge in [-0.2, -0.15) is 0 Å². The zero-order valence-corrected chi connectivity index (χ0v) is 10.6. The average Bonchev–Trinajstić information content (AvgIpc) is 2.17. The molecule has 82 valence electrons. The van der Waals surface area contributed by atoms with Crippen LogP contribution in [-0.4, -0.2) is 44.2 Å². The number of nitrogens with zero attached hydrogens (tertiary/aromatic N) is 1. The molecule has 0 spiro atoms. The zero-order chi connectivity index (χ0) is 9.90. The lowest BCUT2D eigenvalue weighted by atomic mass is 10.1. The van der Waals surface area contributed by atoms with Gasteiger partial charge in [-0.3, -0.25) is 0 Å². The molecule has 14 heavy (non-hydrogen) atoms. The minimum Gasteiger partial charge on any atom is -1.00 e. The van der Waals surface area contributed by atoms with Crippen LogP contribution in [0.1, 0.15) is 13.3 Å². The molecule has 0 aliphatic carbocycles. The number of likely N-dealkylation sites (N-methyl/N-ethyl adjacent to an activating group) is 1. The van der Waals surface area contributed by atoms with E-state index < -0.39 is 0 Å². The van der Waals surface area contributed by atoms with Gasteiger partial charge in [-0.15, -0.1) is 0 Å². The van der Waals surface area contributed by atoms with Crippen molar-refractivity contribution in [2.75, 3.05) is 33.8 Å². The van der Waals surface area contributed by atoms with Gasteiger partial charge in [-0.05, 0) is 6.92 Å². The molecule has 0 aromatic heterocycles. The molecule has 1 aliphatic heterocycles. The number of methoxy groups -OCH3 is 1. The quantitative estimate of drug-likeness (QED) is 0.424. The van der Waals surface area contributed by atoms with Gasteiger partial charge in [0.1, 0.15) is 6.54 Å². The van der Waals surface area contributed by atoms with E-state index in [1.54, 1.807) is 0 Å². The van der Waals surface area contributed by atoms with E-state index in [0.717, 1.165) is 36.1 Å². The summed E-state index contributed by atoms with van der Waals surface area (Å²) in [6, 6.07) is 0. The summed E-state index contributed by atoms with van der Waals surface area (Å²) in [5.74, 6) is -0.169. The van der Waals surface area contributed by atoms with Gasteiger partial charge in [0, 0.05) is 6.42 Å². The molecule has 1 rings (SSSR count). The predicted octanol–water partition coefficient (Wildman–Crippen LogP) is -2.04. The van der Waals surface area contributed by atoms with Crippen molar-refractivity contribution in [1.82, 2.24) is 0 Å². The Kier molecular flexibility index (Phi) is 5.37. The summed E-state index contributed by atoms with van der Waals surface area (Å²) in [6.07, 6.45) is 2.98. The second-order valence-corrected chi connectivity index (χ2v) is 3.83. The molecule has 0 aromatic rings. The number of esters is 1. The largest absolute Gasteiger partial charge is 1.00 e. The molecule has 1 aliphatic rings. The standard InChI is InChI=1S/C10H18NO2.BrH/c1-4-11(2)7-5-6-9(8-11)10(12)13-3;/h6H,4-5,7-8H2,1-3H3;1H/q+1;/p-1. The maximum Gasteiger partial charge on any atom is 0.339 e.